The number of carbonyl (C=O) groups is 2. The Labute approximate surface area is 199 Å². The van der Waals surface area contributed by atoms with Gasteiger partial charge in [0.05, 0.1) is 10.6 Å². The van der Waals surface area contributed by atoms with Crippen molar-refractivity contribution in [1.82, 2.24) is 10.6 Å². The molecule has 3 aromatic carbocycles. The summed E-state index contributed by atoms with van der Waals surface area (Å²) < 4.78 is 27.1. The Morgan fingerprint density at radius 1 is 0.912 bits per heavy atom. The van der Waals surface area contributed by atoms with Gasteiger partial charge < -0.3 is 10.6 Å². The topological polar surface area (TPSA) is 95.6 Å². The first kappa shape index (κ1) is 23.5. The van der Waals surface area contributed by atoms with Gasteiger partial charge in [-0.1, -0.05) is 48.5 Å². The Morgan fingerprint density at radius 3 is 2.09 bits per heavy atom. The molecule has 4 rings (SSSR count). The minimum absolute atomic E-state index is 0.0720. The molecular weight excluding hydrogens is 450 g/mol. The number of nitrogens with zero attached hydrogens (tertiary/aromatic N) is 1. The molecule has 1 atom stereocenters. The highest BCUT2D eigenvalue weighted by atomic mass is 32.2. The maximum atomic E-state index is 13.0. The number of amides is 2. The highest BCUT2D eigenvalue weighted by Gasteiger charge is 2.29. The van der Waals surface area contributed by atoms with Gasteiger partial charge in [0.2, 0.25) is 5.91 Å². The van der Waals surface area contributed by atoms with Gasteiger partial charge >= 0.3 is 0 Å². The lowest BCUT2D eigenvalue weighted by Crippen LogP contribution is -2.48. The molecule has 176 valence electrons. The largest absolute Gasteiger partial charge is 0.352 e. The molecule has 0 aromatic heterocycles. The van der Waals surface area contributed by atoms with Crippen molar-refractivity contribution in [2.24, 2.45) is 0 Å². The van der Waals surface area contributed by atoms with Crippen LogP contribution in [0.5, 0.6) is 0 Å². The van der Waals surface area contributed by atoms with Gasteiger partial charge in [0.1, 0.15) is 6.04 Å². The highest BCUT2D eigenvalue weighted by molar-refractivity contribution is 7.92. The number of hydrogen-bond acceptors (Lipinski definition) is 4. The Hall–Kier alpha value is -3.65. The molecular formula is C26H27N3O4S. The van der Waals surface area contributed by atoms with Crippen LogP contribution in [0.3, 0.4) is 0 Å². The molecule has 3 aromatic rings. The number of nitrogens with one attached hydrogen (secondary N) is 2. The molecule has 0 bridgehead atoms. The molecule has 1 fully saturated rings. The van der Waals surface area contributed by atoms with Crippen LogP contribution < -0.4 is 14.9 Å². The van der Waals surface area contributed by atoms with E-state index in [1.807, 2.05) is 36.4 Å². The van der Waals surface area contributed by atoms with E-state index in [4.69, 9.17) is 0 Å². The lowest BCUT2D eigenvalue weighted by Gasteiger charge is -2.20. The van der Waals surface area contributed by atoms with Crippen molar-refractivity contribution in [3.05, 3.63) is 96.1 Å². The minimum Gasteiger partial charge on any atom is -0.352 e. The van der Waals surface area contributed by atoms with Crippen LogP contribution in [0.2, 0.25) is 0 Å². The molecule has 34 heavy (non-hydrogen) atoms. The summed E-state index contributed by atoms with van der Waals surface area (Å²) in [6.07, 6.45) is 2.26. The van der Waals surface area contributed by atoms with E-state index < -0.39 is 22.0 Å². The van der Waals surface area contributed by atoms with Crippen molar-refractivity contribution in [2.45, 2.75) is 36.2 Å². The average Bonchev–Trinajstić information content (AvgIpc) is 3.68. The summed E-state index contributed by atoms with van der Waals surface area (Å²) in [5.41, 5.74) is 1.75. The van der Waals surface area contributed by atoms with Crippen molar-refractivity contribution >= 4 is 27.5 Å². The molecule has 0 aliphatic heterocycles. The molecule has 2 N–H and O–H groups in total. The van der Waals surface area contributed by atoms with Crippen molar-refractivity contribution in [1.29, 1.82) is 0 Å². The smallest absolute Gasteiger partial charge is 0.264 e. The van der Waals surface area contributed by atoms with E-state index in [1.165, 1.54) is 35.6 Å². The number of carbonyl (C=O) groups excluding carboxylic acids is 2. The molecule has 1 aliphatic rings. The van der Waals surface area contributed by atoms with E-state index in [-0.39, 0.29) is 22.4 Å². The number of sulfonamides is 1. The minimum atomic E-state index is -3.78. The fourth-order valence-electron chi connectivity index (χ4n) is 3.54. The van der Waals surface area contributed by atoms with Crippen molar-refractivity contribution < 1.29 is 18.0 Å². The maximum absolute atomic E-state index is 13.0. The number of benzene rings is 3. The number of para-hydroxylation sites is 1. The van der Waals surface area contributed by atoms with Crippen LogP contribution in [0.15, 0.2) is 89.8 Å². The molecule has 1 unspecified atom stereocenters. The number of hydrogen-bond donors (Lipinski definition) is 2. The Bertz CT molecular complexity index is 1240. The van der Waals surface area contributed by atoms with E-state index in [0.29, 0.717) is 12.1 Å². The van der Waals surface area contributed by atoms with Crippen molar-refractivity contribution in [3.8, 4) is 0 Å². The van der Waals surface area contributed by atoms with Gasteiger partial charge in [0.15, 0.2) is 0 Å². The van der Waals surface area contributed by atoms with E-state index in [1.54, 1.807) is 24.3 Å². The number of rotatable bonds is 9. The predicted molar refractivity (Wildman–Crippen MR) is 131 cm³/mol. The van der Waals surface area contributed by atoms with Crippen LogP contribution in [-0.4, -0.2) is 39.4 Å². The quantitative estimate of drug-likeness (QED) is 0.495. The summed E-state index contributed by atoms with van der Waals surface area (Å²) >= 11 is 0. The predicted octanol–water partition coefficient (Wildman–Crippen LogP) is 3.13. The van der Waals surface area contributed by atoms with E-state index >= 15 is 0 Å². The lowest BCUT2D eigenvalue weighted by atomic mass is 10.0. The molecule has 0 saturated heterocycles. The van der Waals surface area contributed by atoms with Crippen LogP contribution in [0.1, 0.15) is 28.8 Å². The molecule has 0 heterocycles. The summed E-state index contributed by atoms with van der Waals surface area (Å²) in [5, 5.41) is 5.76. The summed E-state index contributed by atoms with van der Waals surface area (Å²) in [7, 11) is -2.30. The second-order valence-electron chi connectivity index (χ2n) is 8.33. The van der Waals surface area contributed by atoms with Gasteiger partial charge in [-0.3, -0.25) is 13.9 Å². The maximum Gasteiger partial charge on any atom is 0.264 e. The zero-order chi connectivity index (χ0) is 24.1. The summed E-state index contributed by atoms with van der Waals surface area (Å²) in [6.45, 7) is 0. The molecule has 0 spiro atoms. The SMILES string of the molecule is CN(c1ccccc1)S(=O)(=O)c1ccc(C(=O)NC(Cc2ccccc2)C(=O)NC2CC2)cc1. The van der Waals surface area contributed by atoms with Gasteiger partial charge in [-0.25, -0.2) is 8.42 Å². The molecule has 7 nitrogen and oxygen atoms in total. The summed E-state index contributed by atoms with van der Waals surface area (Å²) in [6, 6.07) is 23.4. The monoisotopic (exact) mass is 477 g/mol. The summed E-state index contributed by atoms with van der Waals surface area (Å²) in [4.78, 5) is 25.7. The first-order valence-electron chi connectivity index (χ1n) is 11.1. The Kier molecular flexibility index (Phi) is 6.98. The number of anilines is 1. The van der Waals surface area contributed by atoms with Gasteiger partial charge in [0.25, 0.3) is 15.9 Å². The van der Waals surface area contributed by atoms with Crippen LogP contribution in [0.25, 0.3) is 0 Å². The van der Waals surface area contributed by atoms with Crippen LogP contribution >= 0.6 is 0 Å². The highest BCUT2D eigenvalue weighted by Crippen LogP contribution is 2.22. The van der Waals surface area contributed by atoms with Gasteiger partial charge in [-0.05, 0) is 54.8 Å². The third kappa shape index (κ3) is 5.63. The molecule has 0 radical (unpaired) electrons. The second kappa shape index (κ2) is 10.1. The lowest BCUT2D eigenvalue weighted by molar-refractivity contribution is -0.123. The van der Waals surface area contributed by atoms with Gasteiger partial charge in [-0.2, -0.15) is 0 Å². The van der Waals surface area contributed by atoms with Crippen LogP contribution in [-0.2, 0) is 21.2 Å². The van der Waals surface area contributed by atoms with Crippen LogP contribution in [0.4, 0.5) is 5.69 Å². The molecule has 8 heteroatoms. The van der Waals surface area contributed by atoms with Crippen molar-refractivity contribution in [2.75, 3.05) is 11.4 Å². The summed E-state index contributed by atoms with van der Waals surface area (Å²) in [5.74, 6) is -0.657. The molecule has 2 amide bonds. The van der Waals surface area contributed by atoms with Gasteiger partial charge in [-0.15, -0.1) is 0 Å². The Morgan fingerprint density at radius 2 is 1.50 bits per heavy atom. The third-order valence-electron chi connectivity index (χ3n) is 5.72. The Balaban J connectivity index is 1.48. The van der Waals surface area contributed by atoms with Crippen LogP contribution in [0, 0.1) is 0 Å². The van der Waals surface area contributed by atoms with E-state index in [0.717, 1.165) is 18.4 Å². The average molecular weight is 478 g/mol. The third-order valence-corrected chi connectivity index (χ3v) is 7.52. The van der Waals surface area contributed by atoms with Crippen molar-refractivity contribution in [3.63, 3.8) is 0 Å². The van der Waals surface area contributed by atoms with E-state index in [9.17, 15) is 18.0 Å². The standard InChI is InChI=1S/C26H27N3O4S/c1-29(22-10-6-3-7-11-22)34(32,33)23-16-12-20(13-17-23)25(30)28-24(26(31)27-21-14-15-21)18-19-8-4-2-5-9-19/h2-13,16-17,21,24H,14-15,18H2,1H3,(H,27,31)(H,28,30). The fourth-order valence-corrected chi connectivity index (χ4v) is 4.74. The first-order valence-corrected chi connectivity index (χ1v) is 12.6. The molecule has 1 aliphatic carbocycles. The zero-order valence-electron chi connectivity index (χ0n) is 18.8. The normalized spacial score (nSPS) is 14.1. The molecule has 1 saturated carbocycles. The zero-order valence-corrected chi connectivity index (χ0v) is 19.7. The second-order valence-corrected chi connectivity index (χ2v) is 10.3. The van der Waals surface area contributed by atoms with Gasteiger partial charge in [0, 0.05) is 25.1 Å². The van der Waals surface area contributed by atoms with E-state index in [2.05, 4.69) is 10.6 Å². The first-order chi connectivity index (χ1) is 16.3. The fraction of sp³-hybridized carbons (Fsp3) is 0.231.